The standard InChI is InChI=1S/C15H30N2/c1-3-13(2)15-12-17(11-10-16-15)14-8-6-4-5-7-9-14/h13-16H,3-12H2,1-2H3. The second-order valence-electron chi connectivity index (χ2n) is 6.09. The molecule has 100 valence electrons. The molecule has 2 nitrogen and oxygen atoms in total. The molecule has 2 atom stereocenters. The first-order valence-corrected chi connectivity index (χ1v) is 7.78. The summed E-state index contributed by atoms with van der Waals surface area (Å²) in [6, 6.07) is 1.63. The minimum atomic E-state index is 0.733. The third-order valence-corrected chi connectivity index (χ3v) is 4.91. The van der Waals surface area contributed by atoms with Crippen LogP contribution in [0.5, 0.6) is 0 Å². The summed E-state index contributed by atoms with van der Waals surface area (Å²) in [7, 11) is 0. The number of piperazine rings is 1. The number of rotatable bonds is 3. The predicted octanol–water partition coefficient (Wildman–Crippen LogP) is 3.03. The molecule has 1 saturated carbocycles. The van der Waals surface area contributed by atoms with Gasteiger partial charge in [-0.05, 0) is 18.8 Å². The van der Waals surface area contributed by atoms with Crippen molar-refractivity contribution in [3.8, 4) is 0 Å². The molecular formula is C15H30N2. The Hall–Kier alpha value is -0.0800. The average molecular weight is 238 g/mol. The lowest BCUT2D eigenvalue weighted by Crippen LogP contribution is -2.55. The summed E-state index contributed by atoms with van der Waals surface area (Å²) in [5, 5.41) is 3.71. The Kier molecular flexibility index (Phi) is 5.30. The normalized spacial score (nSPS) is 31.1. The Morgan fingerprint density at radius 3 is 2.53 bits per heavy atom. The van der Waals surface area contributed by atoms with E-state index in [0.29, 0.717) is 0 Å². The van der Waals surface area contributed by atoms with Crippen LogP contribution in [-0.2, 0) is 0 Å². The van der Waals surface area contributed by atoms with Gasteiger partial charge in [0.2, 0.25) is 0 Å². The van der Waals surface area contributed by atoms with Crippen LogP contribution in [0.15, 0.2) is 0 Å². The summed E-state index contributed by atoms with van der Waals surface area (Å²) in [4.78, 5) is 2.79. The highest BCUT2D eigenvalue weighted by Crippen LogP contribution is 2.24. The molecule has 2 unspecified atom stereocenters. The highest BCUT2D eigenvalue weighted by Gasteiger charge is 2.27. The summed E-state index contributed by atoms with van der Waals surface area (Å²) >= 11 is 0. The number of nitrogens with zero attached hydrogens (tertiary/aromatic N) is 1. The van der Waals surface area contributed by atoms with Gasteiger partial charge in [-0.2, -0.15) is 0 Å². The van der Waals surface area contributed by atoms with Gasteiger partial charge in [0.05, 0.1) is 0 Å². The first-order valence-electron chi connectivity index (χ1n) is 7.78. The second-order valence-corrected chi connectivity index (χ2v) is 6.09. The predicted molar refractivity (Wildman–Crippen MR) is 74.3 cm³/mol. The molecule has 2 heteroatoms. The molecule has 0 amide bonds. The summed E-state index contributed by atoms with van der Waals surface area (Å²) < 4.78 is 0. The van der Waals surface area contributed by atoms with Crippen molar-refractivity contribution in [2.45, 2.75) is 70.9 Å². The maximum atomic E-state index is 3.71. The molecule has 2 rings (SSSR count). The average Bonchev–Trinajstić information content (AvgIpc) is 2.67. The van der Waals surface area contributed by atoms with Crippen LogP contribution >= 0.6 is 0 Å². The van der Waals surface area contributed by atoms with Crippen LogP contribution in [0, 0.1) is 5.92 Å². The summed E-state index contributed by atoms with van der Waals surface area (Å²) in [5.74, 6) is 0.823. The maximum Gasteiger partial charge on any atom is 0.0221 e. The van der Waals surface area contributed by atoms with Crippen LogP contribution in [0.25, 0.3) is 0 Å². The van der Waals surface area contributed by atoms with Gasteiger partial charge in [0.1, 0.15) is 0 Å². The van der Waals surface area contributed by atoms with E-state index in [-0.39, 0.29) is 0 Å². The number of nitrogens with one attached hydrogen (secondary N) is 1. The van der Waals surface area contributed by atoms with Crippen molar-refractivity contribution in [2.75, 3.05) is 19.6 Å². The molecule has 0 aromatic rings. The van der Waals surface area contributed by atoms with E-state index >= 15 is 0 Å². The van der Waals surface area contributed by atoms with E-state index < -0.39 is 0 Å². The number of hydrogen-bond acceptors (Lipinski definition) is 2. The first kappa shape index (κ1) is 13.4. The van der Waals surface area contributed by atoms with Crippen molar-refractivity contribution >= 4 is 0 Å². The summed E-state index contributed by atoms with van der Waals surface area (Å²) in [6.45, 7) is 8.48. The summed E-state index contributed by atoms with van der Waals surface area (Å²) in [5.41, 5.74) is 0. The maximum absolute atomic E-state index is 3.71. The molecule has 1 aliphatic carbocycles. The van der Waals surface area contributed by atoms with Gasteiger partial charge in [0.15, 0.2) is 0 Å². The fraction of sp³-hybridized carbons (Fsp3) is 1.00. The van der Waals surface area contributed by atoms with E-state index in [1.165, 1.54) is 64.6 Å². The lowest BCUT2D eigenvalue weighted by Gasteiger charge is -2.40. The monoisotopic (exact) mass is 238 g/mol. The van der Waals surface area contributed by atoms with Crippen LogP contribution in [0.4, 0.5) is 0 Å². The third kappa shape index (κ3) is 3.69. The van der Waals surface area contributed by atoms with Gasteiger partial charge in [0.25, 0.3) is 0 Å². The molecule has 0 aromatic carbocycles. The number of hydrogen-bond donors (Lipinski definition) is 1. The third-order valence-electron chi connectivity index (χ3n) is 4.91. The van der Waals surface area contributed by atoms with E-state index in [1.807, 2.05) is 0 Å². The zero-order valence-corrected chi connectivity index (χ0v) is 11.8. The quantitative estimate of drug-likeness (QED) is 0.760. The van der Waals surface area contributed by atoms with Gasteiger partial charge in [0, 0.05) is 31.7 Å². The van der Waals surface area contributed by atoms with Crippen LogP contribution in [-0.4, -0.2) is 36.6 Å². The van der Waals surface area contributed by atoms with Gasteiger partial charge >= 0.3 is 0 Å². The van der Waals surface area contributed by atoms with Crippen molar-refractivity contribution in [3.05, 3.63) is 0 Å². The molecule has 1 saturated heterocycles. The van der Waals surface area contributed by atoms with E-state index in [4.69, 9.17) is 0 Å². The van der Waals surface area contributed by atoms with Gasteiger partial charge in [-0.25, -0.2) is 0 Å². The fourth-order valence-electron chi connectivity index (χ4n) is 3.42. The van der Waals surface area contributed by atoms with Crippen molar-refractivity contribution < 1.29 is 0 Å². The topological polar surface area (TPSA) is 15.3 Å². The van der Waals surface area contributed by atoms with Crippen LogP contribution in [0.1, 0.15) is 58.8 Å². The lowest BCUT2D eigenvalue weighted by molar-refractivity contribution is 0.112. The Morgan fingerprint density at radius 2 is 1.88 bits per heavy atom. The lowest BCUT2D eigenvalue weighted by atomic mass is 9.95. The minimum Gasteiger partial charge on any atom is -0.311 e. The SMILES string of the molecule is CCC(C)C1CN(C2CCCCCC2)CCN1. The molecule has 0 radical (unpaired) electrons. The van der Waals surface area contributed by atoms with Crippen LogP contribution < -0.4 is 5.32 Å². The minimum absolute atomic E-state index is 0.733. The highest BCUT2D eigenvalue weighted by atomic mass is 15.2. The molecule has 2 aliphatic rings. The molecule has 0 bridgehead atoms. The van der Waals surface area contributed by atoms with Gasteiger partial charge in [-0.15, -0.1) is 0 Å². The Morgan fingerprint density at radius 1 is 1.18 bits per heavy atom. The molecule has 1 heterocycles. The Labute approximate surface area is 107 Å². The molecule has 17 heavy (non-hydrogen) atoms. The highest BCUT2D eigenvalue weighted by molar-refractivity contribution is 4.86. The van der Waals surface area contributed by atoms with Crippen molar-refractivity contribution in [3.63, 3.8) is 0 Å². The second kappa shape index (κ2) is 6.75. The zero-order chi connectivity index (χ0) is 12.1. The van der Waals surface area contributed by atoms with E-state index in [9.17, 15) is 0 Å². The molecule has 1 aliphatic heterocycles. The van der Waals surface area contributed by atoms with E-state index in [2.05, 4.69) is 24.1 Å². The fourth-order valence-corrected chi connectivity index (χ4v) is 3.42. The van der Waals surface area contributed by atoms with Gasteiger partial charge < -0.3 is 5.32 Å². The smallest absolute Gasteiger partial charge is 0.0221 e. The first-order chi connectivity index (χ1) is 8.31. The molecule has 0 aromatic heterocycles. The molecular weight excluding hydrogens is 208 g/mol. The molecule has 2 fully saturated rings. The zero-order valence-electron chi connectivity index (χ0n) is 11.8. The molecule has 0 spiro atoms. The van der Waals surface area contributed by atoms with Crippen molar-refractivity contribution in [1.82, 2.24) is 10.2 Å². The van der Waals surface area contributed by atoms with E-state index in [0.717, 1.165) is 18.0 Å². The Balaban J connectivity index is 1.87. The van der Waals surface area contributed by atoms with Crippen molar-refractivity contribution in [2.24, 2.45) is 5.92 Å². The van der Waals surface area contributed by atoms with Crippen LogP contribution in [0.3, 0.4) is 0 Å². The van der Waals surface area contributed by atoms with Crippen molar-refractivity contribution in [1.29, 1.82) is 0 Å². The molecule has 1 N–H and O–H groups in total. The van der Waals surface area contributed by atoms with Gasteiger partial charge in [-0.3, -0.25) is 4.90 Å². The van der Waals surface area contributed by atoms with Crippen LogP contribution in [0.2, 0.25) is 0 Å². The summed E-state index contributed by atoms with van der Waals surface area (Å²) in [6.07, 6.45) is 10.1. The largest absolute Gasteiger partial charge is 0.311 e. The Bertz CT molecular complexity index is 209. The van der Waals surface area contributed by atoms with Gasteiger partial charge in [-0.1, -0.05) is 46.0 Å². The van der Waals surface area contributed by atoms with E-state index in [1.54, 1.807) is 0 Å².